The quantitative estimate of drug-likeness (QED) is 0.783. The van der Waals surface area contributed by atoms with Gasteiger partial charge < -0.3 is 9.67 Å². The average Bonchev–Trinajstić information content (AvgIpc) is 2.86. The minimum atomic E-state index is -0.903. The van der Waals surface area contributed by atoms with Crippen molar-refractivity contribution in [1.29, 1.82) is 0 Å². The third-order valence-corrected chi connectivity index (χ3v) is 4.34. The molecule has 0 unspecified atom stereocenters. The SMILES string of the molecule is Cc1cccc(C)c1-c1c(C)c(C(=O)O)cn1Cc1ccccn1. The molecule has 2 aromatic heterocycles. The Kier molecular flexibility index (Phi) is 4.21. The van der Waals surface area contributed by atoms with Crippen molar-refractivity contribution in [3.63, 3.8) is 0 Å². The summed E-state index contributed by atoms with van der Waals surface area (Å²) in [4.78, 5) is 16.0. The Labute approximate surface area is 141 Å². The van der Waals surface area contributed by atoms with Crippen LogP contribution in [-0.4, -0.2) is 20.6 Å². The van der Waals surface area contributed by atoms with Gasteiger partial charge in [-0.25, -0.2) is 4.79 Å². The minimum Gasteiger partial charge on any atom is -0.478 e. The van der Waals surface area contributed by atoms with E-state index in [1.807, 2.05) is 35.8 Å². The normalized spacial score (nSPS) is 10.8. The zero-order chi connectivity index (χ0) is 17.3. The maximum atomic E-state index is 11.6. The van der Waals surface area contributed by atoms with Gasteiger partial charge in [-0.05, 0) is 49.6 Å². The minimum absolute atomic E-state index is 0.337. The third kappa shape index (κ3) is 2.83. The van der Waals surface area contributed by atoms with Gasteiger partial charge in [0.1, 0.15) is 0 Å². The molecular formula is C20H20N2O2. The smallest absolute Gasteiger partial charge is 0.337 e. The topological polar surface area (TPSA) is 55.1 Å². The number of hydrogen-bond donors (Lipinski definition) is 1. The highest BCUT2D eigenvalue weighted by molar-refractivity contribution is 5.92. The Bertz CT molecular complexity index is 875. The highest BCUT2D eigenvalue weighted by Gasteiger charge is 2.21. The Balaban J connectivity index is 2.22. The summed E-state index contributed by atoms with van der Waals surface area (Å²) in [7, 11) is 0. The van der Waals surface area contributed by atoms with Gasteiger partial charge >= 0.3 is 5.97 Å². The number of carbonyl (C=O) groups is 1. The van der Waals surface area contributed by atoms with Gasteiger partial charge in [-0.2, -0.15) is 0 Å². The van der Waals surface area contributed by atoms with Crippen molar-refractivity contribution in [2.45, 2.75) is 27.3 Å². The van der Waals surface area contributed by atoms with E-state index >= 15 is 0 Å². The van der Waals surface area contributed by atoms with Gasteiger partial charge in [-0.1, -0.05) is 24.3 Å². The standard InChI is InChI=1S/C20H20N2O2/c1-13-7-6-8-14(2)18(13)19-15(3)17(20(23)24)12-22(19)11-16-9-4-5-10-21-16/h4-10,12H,11H2,1-3H3,(H,23,24). The second-order valence-corrected chi connectivity index (χ2v) is 6.04. The van der Waals surface area contributed by atoms with E-state index in [4.69, 9.17) is 0 Å². The molecule has 0 atom stereocenters. The van der Waals surface area contributed by atoms with E-state index in [9.17, 15) is 9.90 Å². The second kappa shape index (κ2) is 6.32. The summed E-state index contributed by atoms with van der Waals surface area (Å²) in [6.45, 7) is 6.53. The molecule has 0 radical (unpaired) electrons. The van der Waals surface area contributed by atoms with E-state index in [2.05, 4.69) is 31.0 Å². The lowest BCUT2D eigenvalue weighted by Gasteiger charge is -2.15. The molecule has 0 saturated carbocycles. The number of hydrogen-bond acceptors (Lipinski definition) is 2. The molecule has 0 spiro atoms. The molecule has 1 aromatic carbocycles. The van der Waals surface area contributed by atoms with Gasteiger partial charge in [0.2, 0.25) is 0 Å². The molecule has 4 heteroatoms. The number of carboxylic acids is 1. The molecule has 0 bridgehead atoms. The maximum Gasteiger partial charge on any atom is 0.337 e. The van der Waals surface area contributed by atoms with Crippen molar-refractivity contribution in [3.05, 3.63) is 76.7 Å². The molecule has 1 N–H and O–H groups in total. The monoisotopic (exact) mass is 320 g/mol. The van der Waals surface area contributed by atoms with Gasteiger partial charge in [-0.3, -0.25) is 4.98 Å². The molecule has 122 valence electrons. The largest absolute Gasteiger partial charge is 0.478 e. The maximum absolute atomic E-state index is 11.6. The fraction of sp³-hybridized carbons (Fsp3) is 0.200. The fourth-order valence-corrected chi connectivity index (χ4v) is 3.19. The van der Waals surface area contributed by atoms with E-state index in [1.165, 1.54) is 0 Å². The number of nitrogens with zero attached hydrogens (tertiary/aromatic N) is 2. The molecule has 24 heavy (non-hydrogen) atoms. The Morgan fingerprint density at radius 2 is 1.79 bits per heavy atom. The highest BCUT2D eigenvalue weighted by Crippen LogP contribution is 2.33. The predicted octanol–water partition coefficient (Wildman–Crippen LogP) is 4.22. The van der Waals surface area contributed by atoms with Gasteiger partial charge in [0.05, 0.1) is 23.5 Å². The van der Waals surface area contributed by atoms with Crippen LogP contribution in [0.4, 0.5) is 0 Å². The first-order valence-corrected chi connectivity index (χ1v) is 7.88. The fourth-order valence-electron chi connectivity index (χ4n) is 3.19. The Morgan fingerprint density at radius 1 is 1.08 bits per heavy atom. The van der Waals surface area contributed by atoms with E-state index in [-0.39, 0.29) is 0 Å². The number of aromatic nitrogens is 2. The summed E-state index contributed by atoms with van der Waals surface area (Å²) in [6.07, 6.45) is 3.47. The van der Waals surface area contributed by atoms with Gasteiger partial charge in [0.15, 0.2) is 0 Å². The lowest BCUT2D eigenvalue weighted by atomic mass is 9.97. The Morgan fingerprint density at radius 3 is 2.38 bits per heavy atom. The van der Waals surface area contributed by atoms with Crippen LogP contribution in [0.2, 0.25) is 0 Å². The van der Waals surface area contributed by atoms with Gasteiger partial charge in [0, 0.05) is 18.0 Å². The molecule has 2 heterocycles. The molecular weight excluding hydrogens is 300 g/mol. The molecule has 3 rings (SSSR count). The number of rotatable bonds is 4. The van der Waals surface area contributed by atoms with Gasteiger partial charge in [-0.15, -0.1) is 0 Å². The molecule has 3 aromatic rings. The highest BCUT2D eigenvalue weighted by atomic mass is 16.4. The molecule has 0 aliphatic heterocycles. The van der Waals surface area contributed by atoms with Gasteiger partial charge in [0.25, 0.3) is 0 Å². The van der Waals surface area contributed by atoms with Crippen molar-refractivity contribution < 1.29 is 9.90 Å². The van der Waals surface area contributed by atoms with Crippen LogP contribution in [0, 0.1) is 20.8 Å². The molecule has 0 fully saturated rings. The predicted molar refractivity (Wildman–Crippen MR) is 94.4 cm³/mol. The van der Waals surface area contributed by atoms with Crippen LogP contribution >= 0.6 is 0 Å². The summed E-state index contributed by atoms with van der Waals surface area (Å²) in [5.74, 6) is -0.903. The Hall–Kier alpha value is -2.88. The van der Waals surface area contributed by atoms with Crippen molar-refractivity contribution in [2.75, 3.05) is 0 Å². The van der Waals surface area contributed by atoms with Crippen molar-refractivity contribution in [1.82, 2.24) is 9.55 Å². The van der Waals surface area contributed by atoms with Crippen LogP contribution in [0.15, 0.2) is 48.8 Å². The number of aryl methyl sites for hydroxylation is 2. The molecule has 0 amide bonds. The lowest BCUT2D eigenvalue weighted by molar-refractivity contribution is 0.0696. The van der Waals surface area contributed by atoms with E-state index < -0.39 is 5.97 Å². The van der Waals surface area contributed by atoms with E-state index in [0.29, 0.717) is 12.1 Å². The van der Waals surface area contributed by atoms with E-state index in [1.54, 1.807) is 12.4 Å². The van der Waals surface area contributed by atoms with Crippen LogP contribution in [0.5, 0.6) is 0 Å². The van der Waals surface area contributed by atoms with Crippen LogP contribution in [0.1, 0.15) is 32.7 Å². The summed E-state index contributed by atoms with van der Waals surface area (Å²) in [6, 6.07) is 11.9. The number of pyridine rings is 1. The number of aromatic carboxylic acids is 1. The first-order valence-electron chi connectivity index (χ1n) is 7.88. The van der Waals surface area contributed by atoms with Crippen LogP contribution in [0.25, 0.3) is 11.3 Å². The number of benzene rings is 1. The first-order chi connectivity index (χ1) is 11.5. The van der Waals surface area contributed by atoms with Crippen molar-refractivity contribution >= 4 is 5.97 Å². The van der Waals surface area contributed by atoms with Crippen LogP contribution in [-0.2, 0) is 6.54 Å². The second-order valence-electron chi connectivity index (χ2n) is 6.04. The van der Waals surface area contributed by atoms with Crippen molar-refractivity contribution in [2.24, 2.45) is 0 Å². The molecule has 0 aliphatic rings. The molecule has 4 nitrogen and oxygen atoms in total. The summed E-state index contributed by atoms with van der Waals surface area (Å²) in [5, 5.41) is 9.53. The van der Waals surface area contributed by atoms with Crippen LogP contribution in [0.3, 0.4) is 0 Å². The zero-order valence-corrected chi connectivity index (χ0v) is 14.1. The number of carboxylic acid groups (broad SMARTS) is 1. The molecule has 0 saturated heterocycles. The van der Waals surface area contributed by atoms with E-state index in [0.717, 1.165) is 33.6 Å². The first kappa shape index (κ1) is 16.0. The lowest BCUT2D eigenvalue weighted by Crippen LogP contribution is -2.04. The molecule has 0 aliphatic carbocycles. The van der Waals surface area contributed by atoms with Crippen molar-refractivity contribution in [3.8, 4) is 11.3 Å². The summed E-state index contributed by atoms with van der Waals surface area (Å²) in [5.41, 5.74) is 6.34. The average molecular weight is 320 g/mol. The zero-order valence-electron chi connectivity index (χ0n) is 14.1. The third-order valence-electron chi connectivity index (χ3n) is 4.34. The van der Waals surface area contributed by atoms with Crippen LogP contribution < -0.4 is 0 Å². The summed E-state index contributed by atoms with van der Waals surface area (Å²) < 4.78 is 2.00. The summed E-state index contributed by atoms with van der Waals surface area (Å²) >= 11 is 0.